The lowest BCUT2D eigenvalue weighted by Gasteiger charge is -2.43. The first-order chi connectivity index (χ1) is 12.3. The Morgan fingerprint density at radius 2 is 1.62 bits per heavy atom. The largest absolute Gasteiger partial charge is 0.377 e. The topological polar surface area (TPSA) is 24.9 Å². The molecule has 1 saturated carbocycles. The van der Waals surface area contributed by atoms with E-state index in [-0.39, 0.29) is 0 Å². The lowest BCUT2D eigenvalue weighted by Crippen LogP contribution is -2.56. The van der Waals surface area contributed by atoms with Gasteiger partial charge in [0.1, 0.15) is 0 Å². The second-order valence-corrected chi connectivity index (χ2v) is 9.49. The second kappa shape index (κ2) is 10.4. The Bertz CT molecular complexity index is 384. The average Bonchev–Trinajstić information content (AvgIpc) is 2.51. The zero-order chi connectivity index (χ0) is 19.3. The third-order valence-electron chi connectivity index (χ3n) is 5.99. The lowest BCUT2D eigenvalue weighted by molar-refractivity contribution is -0.0865. The monoisotopic (exact) mass is 368 g/mol. The third-order valence-corrected chi connectivity index (χ3v) is 5.99. The van der Waals surface area contributed by atoms with E-state index in [1.165, 1.54) is 25.7 Å². The van der Waals surface area contributed by atoms with Crippen LogP contribution in [0.4, 0.5) is 0 Å². The van der Waals surface area contributed by atoms with Crippen LogP contribution in [0.2, 0.25) is 0 Å². The fraction of sp³-hybridized carbons (Fsp3) is 1.00. The highest BCUT2D eigenvalue weighted by atomic mass is 16.5. The van der Waals surface area contributed by atoms with Crippen molar-refractivity contribution in [2.75, 3.05) is 26.2 Å². The molecule has 2 aliphatic rings. The molecule has 0 spiro atoms. The molecule has 1 heterocycles. The van der Waals surface area contributed by atoms with Gasteiger partial charge in [0.05, 0.1) is 24.9 Å². The average molecular weight is 369 g/mol. The molecule has 2 fully saturated rings. The summed E-state index contributed by atoms with van der Waals surface area (Å²) in [6, 6.07) is 1.51. The smallest absolute Gasteiger partial charge is 0.0678 e. The minimum atomic E-state index is 0.325. The number of morpholine rings is 1. The summed E-state index contributed by atoms with van der Waals surface area (Å²) in [4.78, 5) is 5.24. The van der Waals surface area contributed by atoms with Crippen molar-refractivity contribution in [3.63, 3.8) is 0 Å². The van der Waals surface area contributed by atoms with Gasteiger partial charge < -0.3 is 9.47 Å². The van der Waals surface area contributed by atoms with Gasteiger partial charge in [0.25, 0.3) is 0 Å². The van der Waals surface area contributed by atoms with Crippen LogP contribution in [0.5, 0.6) is 0 Å². The second-order valence-electron chi connectivity index (χ2n) is 9.49. The Balaban J connectivity index is 2.00. The Kier molecular flexibility index (Phi) is 8.85. The van der Waals surface area contributed by atoms with Crippen molar-refractivity contribution in [3.05, 3.63) is 0 Å². The molecule has 1 aliphatic heterocycles. The van der Waals surface area contributed by atoms with Crippen LogP contribution in [0, 0.1) is 5.92 Å². The van der Waals surface area contributed by atoms with Crippen LogP contribution in [-0.4, -0.2) is 72.5 Å². The predicted octanol–water partition coefficient (Wildman–Crippen LogP) is 4.18. The highest BCUT2D eigenvalue weighted by Crippen LogP contribution is 2.26. The summed E-state index contributed by atoms with van der Waals surface area (Å²) >= 11 is 0. The maximum atomic E-state index is 6.49. The highest BCUT2D eigenvalue weighted by Gasteiger charge is 2.31. The van der Waals surface area contributed by atoms with Crippen molar-refractivity contribution < 1.29 is 9.47 Å². The minimum Gasteiger partial charge on any atom is -0.377 e. The van der Waals surface area contributed by atoms with Crippen LogP contribution < -0.4 is 0 Å². The zero-order valence-corrected chi connectivity index (χ0v) is 18.4. The van der Waals surface area contributed by atoms with Crippen LogP contribution in [0.3, 0.4) is 0 Å². The van der Waals surface area contributed by atoms with Crippen molar-refractivity contribution >= 4 is 0 Å². The Morgan fingerprint density at radius 1 is 1.00 bits per heavy atom. The molecule has 5 unspecified atom stereocenters. The van der Waals surface area contributed by atoms with E-state index in [0.29, 0.717) is 36.4 Å². The van der Waals surface area contributed by atoms with Gasteiger partial charge in [0.2, 0.25) is 0 Å². The first-order valence-corrected chi connectivity index (χ1v) is 11.0. The Hall–Kier alpha value is -0.160. The standard InChI is InChI=1S/C22H44N2O2/c1-16(2)24(17(3)4)21(14-23-12-19(6)26-20(7)13-23)15-25-22-10-8-9-18(5)11-22/h16-22H,8-15H2,1-7H3. The number of hydrogen-bond acceptors (Lipinski definition) is 4. The zero-order valence-electron chi connectivity index (χ0n) is 18.4. The first kappa shape index (κ1) is 22.1. The van der Waals surface area contributed by atoms with Gasteiger partial charge in [-0.25, -0.2) is 0 Å². The van der Waals surface area contributed by atoms with Crippen LogP contribution in [0.15, 0.2) is 0 Å². The molecule has 154 valence electrons. The van der Waals surface area contributed by atoms with Crippen molar-refractivity contribution in [1.29, 1.82) is 0 Å². The molecular weight excluding hydrogens is 324 g/mol. The third kappa shape index (κ3) is 6.78. The molecule has 0 aromatic carbocycles. The van der Waals surface area contributed by atoms with E-state index in [2.05, 4.69) is 58.3 Å². The van der Waals surface area contributed by atoms with Crippen molar-refractivity contribution in [1.82, 2.24) is 9.80 Å². The quantitative estimate of drug-likeness (QED) is 0.642. The van der Waals surface area contributed by atoms with E-state index in [0.717, 1.165) is 32.2 Å². The first-order valence-electron chi connectivity index (χ1n) is 11.0. The molecule has 0 N–H and O–H groups in total. The van der Waals surface area contributed by atoms with Crippen LogP contribution >= 0.6 is 0 Å². The van der Waals surface area contributed by atoms with E-state index in [1.807, 2.05) is 0 Å². The van der Waals surface area contributed by atoms with E-state index in [4.69, 9.17) is 9.47 Å². The number of hydrogen-bond donors (Lipinski definition) is 0. The maximum absolute atomic E-state index is 6.49. The molecule has 4 heteroatoms. The van der Waals surface area contributed by atoms with Crippen LogP contribution in [-0.2, 0) is 9.47 Å². The lowest BCUT2D eigenvalue weighted by atomic mass is 9.89. The van der Waals surface area contributed by atoms with Gasteiger partial charge >= 0.3 is 0 Å². The Labute approximate surface area is 162 Å². The normalized spacial score (nSPS) is 32.5. The maximum Gasteiger partial charge on any atom is 0.0678 e. The van der Waals surface area contributed by atoms with Crippen LogP contribution in [0.25, 0.3) is 0 Å². The summed E-state index contributed by atoms with van der Waals surface area (Å²) in [5, 5.41) is 0. The van der Waals surface area contributed by atoms with E-state index in [1.54, 1.807) is 0 Å². The number of ether oxygens (including phenoxy) is 2. The number of nitrogens with zero attached hydrogens (tertiary/aromatic N) is 2. The van der Waals surface area contributed by atoms with Gasteiger partial charge in [-0.3, -0.25) is 9.80 Å². The minimum absolute atomic E-state index is 0.325. The molecule has 0 amide bonds. The van der Waals surface area contributed by atoms with Gasteiger partial charge in [0, 0.05) is 37.8 Å². The molecule has 0 bridgehead atoms. The summed E-state index contributed by atoms with van der Waals surface area (Å²) in [5.74, 6) is 0.819. The van der Waals surface area contributed by atoms with Gasteiger partial charge in [-0.15, -0.1) is 0 Å². The van der Waals surface area contributed by atoms with Crippen LogP contribution in [0.1, 0.15) is 74.1 Å². The molecule has 5 atom stereocenters. The molecular formula is C22H44N2O2. The summed E-state index contributed by atoms with van der Waals surface area (Å²) < 4.78 is 12.4. The predicted molar refractivity (Wildman–Crippen MR) is 110 cm³/mol. The fourth-order valence-corrected chi connectivity index (χ4v) is 5.18. The van der Waals surface area contributed by atoms with E-state index >= 15 is 0 Å². The fourth-order valence-electron chi connectivity index (χ4n) is 5.18. The molecule has 0 aromatic heterocycles. The summed E-state index contributed by atoms with van der Waals surface area (Å²) in [5.41, 5.74) is 0. The van der Waals surface area contributed by atoms with E-state index in [9.17, 15) is 0 Å². The molecule has 0 aromatic rings. The van der Waals surface area contributed by atoms with Gasteiger partial charge in [0.15, 0.2) is 0 Å². The SMILES string of the molecule is CC1CCCC(OCC(CN2CC(C)OC(C)C2)N(C(C)C)C(C)C)C1. The van der Waals surface area contributed by atoms with Gasteiger partial charge in [-0.1, -0.05) is 19.8 Å². The summed E-state index contributed by atoms with van der Waals surface area (Å²) in [7, 11) is 0. The van der Waals surface area contributed by atoms with Crippen molar-refractivity contribution in [3.8, 4) is 0 Å². The van der Waals surface area contributed by atoms with Crippen molar-refractivity contribution in [2.45, 2.75) is 111 Å². The molecule has 1 saturated heterocycles. The molecule has 4 nitrogen and oxygen atoms in total. The molecule has 26 heavy (non-hydrogen) atoms. The van der Waals surface area contributed by atoms with Gasteiger partial charge in [-0.05, 0) is 60.3 Å². The number of rotatable bonds is 8. The Morgan fingerprint density at radius 3 is 2.15 bits per heavy atom. The summed E-state index contributed by atoms with van der Waals surface area (Å²) in [6.07, 6.45) is 6.29. The van der Waals surface area contributed by atoms with E-state index < -0.39 is 0 Å². The molecule has 0 radical (unpaired) electrons. The molecule has 1 aliphatic carbocycles. The van der Waals surface area contributed by atoms with Gasteiger partial charge in [-0.2, -0.15) is 0 Å². The summed E-state index contributed by atoms with van der Waals surface area (Å²) in [6.45, 7) is 20.0. The molecule has 2 rings (SSSR count). The highest BCUT2D eigenvalue weighted by molar-refractivity contribution is 4.84. The van der Waals surface area contributed by atoms with Crippen molar-refractivity contribution in [2.24, 2.45) is 5.92 Å².